The van der Waals surface area contributed by atoms with Crippen molar-refractivity contribution in [1.82, 2.24) is 10.6 Å². The number of unbranched alkanes of at least 4 members (excludes halogenated alkanes) is 8. The van der Waals surface area contributed by atoms with Gasteiger partial charge in [-0.1, -0.05) is 185 Å². The van der Waals surface area contributed by atoms with Gasteiger partial charge in [-0.05, 0) is 135 Å². The van der Waals surface area contributed by atoms with E-state index >= 15 is 0 Å². The Labute approximate surface area is 534 Å². The number of ketones is 2. The van der Waals surface area contributed by atoms with E-state index in [0.717, 1.165) is 86.8 Å². The van der Waals surface area contributed by atoms with Crippen molar-refractivity contribution in [3.8, 4) is 0 Å². The Morgan fingerprint density at radius 2 is 1.26 bits per heavy atom. The van der Waals surface area contributed by atoms with E-state index in [9.17, 15) is 32.1 Å². The first-order chi connectivity index (χ1) is 43.5. The minimum Gasteiger partial charge on any atom is -0.445 e. The molecule has 0 radical (unpaired) electrons. The van der Waals surface area contributed by atoms with E-state index in [2.05, 4.69) is 163 Å². The van der Waals surface area contributed by atoms with Gasteiger partial charge in [0.2, 0.25) is 11.6 Å². The van der Waals surface area contributed by atoms with Crippen LogP contribution in [0, 0.1) is 5.92 Å². The summed E-state index contributed by atoms with van der Waals surface area (Å²) in [5.41, 5.74) is 14.3. The molecule has 0 bridgehead atoms. The monoisotopic (exact) mass is 1240 g/mol. The zero-order chi connectivity index (χ0) is 63.9. The summed E-state index contributed by atoms with van der Waals surface area (Å²) in [6.07, 6.45) is 25.8. The lowest BCUT2D eigenvalue weighted by Crippen LogP contribution is -2.44. The summed E-state index contributed by atoms with van der Waals surface area (Å²) in [6.45, 7) is 11.7. The van der Waals surface area contributed by atoms with Crippen LogP contribution in [-0.4, -0.2) is 84.8 Å². The maximum atomic E-state index is 13.9. The van der Waals surface area contributed by atoms with Crippen molar-refractivity contribution in [2.45, 2.75) is 160 Å². The van der Waals surface area contributed by atoms with Crippen LogP contribution < -0.4 is 21.3 Å². The van der Waals surface area contributed by atoms with Gasteiger partial charge in [-0.3, -0.25) is 18.9 Å². The third kappa shape index (κ3) is 18.9. The molecular formula is C76H94N5O8S+. The number of carbonyl (C=O) groups is 4. The highest BCUT2D eigenvalue weighted by molar-refractivity contribution is 7.85. The van der Waals surface area contributed by atoms with Gasteiger partial charge in [-0.2, -0.15) is 13.0 Å². The number of anilines is 1. The summed E-state index contributed by atoms with van der Waals surface area (Å²) >= 11 is 0. The SMILES string of the molecule is CC1(C)C(=CC=CC=CC=CC2=[N+](CCCCCC(=O)CCCCCCCNC(=O)[C@H](CCCCN)CC(=O)[C@H](Cc3ccccc3)NC(=O)OCc3ccccc3)c3ccc4ccccc4c3C2(C)C)N(CCCCS(=O)(=O)O)c2ccc3ccccc3c21. The van der Waals surface area contributed by atoms with Gasteiger partial charge < -0.3 is 26.0 Å². The number of nitrogens with one attached hydrogen (secondary N) is 2. The molecule has 2 aliphatic heterocycles. The molecule has 0 aliphatic carbocycles. The highest BCUT2D eigenvalue weighted by atomic mass is 32.2. The summed E-state index contributed by atoms with van der Waals surface area (Å²) < 4.78 is 40.4. The fraction of sp³-hybridized carbons (Fsp3) is 0.408. The molecule has 0 saturated carbocycles. The number of hydrogen-bond donors (Lipinski definition) is 4. The maximum absolute atomic E-state index is 13.9. The van der Waals surface area contributed by atoms with Gasteiger partial charge in [-0.15, -0.1) is 0 Å². The summed E-state index contributed by atoms with van der Waals surface area (Å²) in [5, 5.41) is 10.7. The molecule has 5 N–H and O–H groups in total. The third-order valence-electron chi connectivity index (χ3n) is 17.8. The lowest BCUT2D eigenvalue weighted by Gasteiger charge is -2.27. The number of rotatable bonds is 36. The minimum absolute atomic E-state index is 0.00792. The van der Waals surface area contributed by atoms with E-state index in [1.54, 1.807) is 0 Å². The van der Waals surface area contributed by atoms with Crippen molar-refractivity contribution >= 4 is 72.3 Å². The number of Topliss-reactive ketones (excluding diaryl/α,β-unsaturated/α-hetero) is 2. The Morgan fingerprint density at radius 1 is 0.644 bits per heavy atom. The molecule has 2 atom stereocenters. The van der Waals surface area contributed by atoms with Gasteiger partial charge in [0.05, 0.1) is 17.2 Å². The van der Waals surface area contributed by atoms with E-state index in [4.69, 9.17) is 10.5 Å². The smallest absolute Gasteiger partial charge is 0.408 e. The molecule has 2 heterocycles. The molecule has 2 aliphatic rings. The molecule has 8 rings (SSSR count). The standard InChI is InChI=1S/C76H93N5O8S/c1-75(2)69(43-20-8-5-9-21-44-70-76(3,4)72-64-42-25-23-37-60(64)46-48-67(72)81(70)52-30-31-53-90(86,87)88)80(66-47-45-59-36-22-24-41-63(59)71(66)75)51-29-13-19-40-62(82)39-18-7-6-10-28-50-78-73(84)61(38-26-27-49-77)55-68(83)65(54-57-32-14-11-15-33-57)79-74(85)89-56-58-34-16-12-17-35-58/h5,8-9,11-12,14-17,20-25,32-37,41-48,61,65H,6-7,10,13,18-19,26-31,38-40,49-56,77H2,1-4H3,(H2-,78,79,84,85,86,87,88)/p+1/t61-,65+/m1/s1. The highest BCUT2D eigenvalue weighted by Crippen LogP contribution is 2.51. The van der Waals surface area contributed by atoms with E-state index in [1.165, 1.54) is 44.1 Å². The molecule has 0 unspecified atom stereocenters. The number of carbonyl (C=O) groups excluding carboxylic acids is 4. The molecular weight excluding hydrogens is 1140 g/mol. The number of benzene rings is 6. The van der Waals surface area contributed by atoms with Crippen LogP contribution in [0.1, 0.15) is 153 Å². The second-order valence-corrected chi connectivity index (χ2v) is 26.8. The highest BCUT2D eigenvalue weighted by Gasteiger charge is 2.45. The molecule has 0 saturated heterocycles. The van der Waals surface area contributed by atoms with E-state index in [0.29, 0.717) is 63.9 Å². The fourth-order valence-corrected chi connectivity index (χ4v) is 13.6. The van der Waals surface area contributed by atoms with Crippen molar-refractivity contribution in [2.24, 2.45) is 11.7 Å². The quantitative estimate of drug-likeness (QED) is 0.0128. The van der Waals surface area contributed by atoms with Gasteiger partial charge in [0.15, 0.2) is 11.5 Å². The van der Waals surface area contributed by atoms with Crippen LogP contribution >= 0.6 is 0 Å². The molecule has 0 aromatic heterocycles. The van der Waals surface area contributed by atoms with Crippen molar-refractivity contribution in [3.05, 3.63) is 204 Å². The first-order valence-electron chi connectivity index (χ1n) is 32.6. The van der Waals surface area contributed by atoms with Gasteiger partial charge in [0.25, 0.3) is 10.1 Å². The van der Waals surface area contributed by atoms with E-state index < -0.39 is 28.2 Å². The topological polar surface area (TPSA) is 188 Å². The maximum Gasteiger partial charge on any atom is 0.408 e. The Balaban J connectivity index is 0.789. The van der Waals surface area contributed by atoms with Gasteiger partial charge in [0.1, 0.15) is 18.9 Å². The lowest BCUT2D eigenvalue weighted by atomic mass is 9.79. The predicted molar refractivity (Wildman–Crippen MR) is 366 cm³/mol. The average Bonchev–Trinajstić information content (AvgIpc) is 1.61. The van der Waals surface area contributed by atoms with E-state index in [1.807, 2.05) is 60.7 Å². The molecule has 0 spiro atoms. The Kier molecular flexibility index (Phi) is 25.2. The third-order valence-corrected chi connectivity index (χ3v) is 18.6. The van der Waals surface area contributed by atoms with Gasteiger partial charge in [0, 0.05) is 79.2 Å². The molecule has 13 nitrogen and oxygen atoms in total. The zero-order valence-electron chi connectivity index (χ0n) is 53.3. The summed E-state index contributed by atoms with van der Waals surface area (Å²) in [5.74, 6) is -0.876. The Hall–Kier alpha value is -7.78. The number of fused-ring (bicyclic) bond motifs is 6. The first-order valence-corrected chi connectivity index (χ1v) is 34.2. The number of hydrogen-bond acceptors (Lipinski definition) is 9. The Morgan fingerprint density at radius 3 is 1.96 bits per heavy atom. The Bertz CT molecular complexity index is 3680. The van der Waals surface area contributed by atoms with Crippen molar-refractivity contribution in [1.29, 1.82) is 0 Å². The van der Waals surface area contributed by atoms with E-state index in [-0.39, 0.29) is 47.7 Å². The molecule has 6 aromatic carbocycles. The van der Waals surface area contributed by atoms with Crippen LogP contribution in [0.5, 0.6) is 0 Å². The van der Waals surface area contributed by atoms with Gasteiger partial charge >= 0.3 is 6.09 Å². The second-order valence-electron chi connectivity index (χ2n) is 25.2. The van der Waals surface area contributed by atoms with Crippen LogP contribution in [-0.2, 0) is 53.1 Å². The van der Waals surface area contributed by atoms with Crippen molar-refractivity contribution in [2.75, 3.05) is 36.8 Å². The van der Waals surface area contributed by atoms with Crippen LogP contribution in [0.2, 0.25) is 0 Å². The zero-order valence-corrected chi connectivity index (χ0v) is 54.2. The molecule has 90 heavy (non-hydrogen) atoms. The molecule has 0 fully saturated rings. The molecule has 14 heteroatoms. The molecule has 6 aromatic rings. The number of allylic oxidation sites excluding steroid dienone is 8. The summed E-state index contributed by atoms with van der Waals surface area (Å²) in [6, 6.07) is 43.9. The fourth-order valence-electron chi connectivity index (χ4n) is 13.1. The second kappa shape index (κ2) is 33.3. The minimum atomic E-state index is -4.03. The number of nitrogens with two attached hydrogens (primary N) is 1. The predicted octanol–water partition coefficient (Wildman–Crippen LogP) is 15.2. The lowest BCUT2D eigenvalue weighted by molar-refractivity contribution is -0.438. The van der Waals surface area contributed by atoms with Crippen LogP contribution in [0.3, 0.4) is 0 Å². The summed E-state index contributed by atoms with van der Waals surface area (Å²) in [7, 11) is -4.03. The number of alkyl carbamates (subject to hydrolysis) is 1. The number of ether oxygens (including phenoxy) is 1. The van der Waals surface area contributed by atoms with Crippen LogP contribution in [0.25, 0.3) is 21.5 Å². The average molecular weight is 1240 g/mol. The largest absolute Gasteiger partial charge is 0.445 e. The van der Waals surface area contributed by atoms with Crippen LogP contribution in [0.15, 0.2) is 182 Å². The van der Waals surface area contributed by atoms with Crippen molar-refractivity contribution in [3.63, 3.8) is 0 Å². The number of nitrogens with zero attached hydrogens (tertiary/aromatic N) is 2. The normalized spacial score (nSPS) is 15.5. The van der Waals surface area contributed by atoms with Gasteiger partial charge in [-0.25, -0.2) is 4.79 Å². The first kappa shape index (κ1) is 68.1. The molecule has 2 amide bonds. The number of amides is 2. The van der Waals surface area contributed by atoms with Crippen LogP contribution in [0.4, 0.5) is 16.2 Å². The summed E-state index contributed by atoms with van der Waals surface area (Å²) in [4.78, 5) is 55.9. The van der Waals surface area contributed by atoms with Crippen molar-refractivity contribution < 1.29 is 41.5 Å². The molecule has 476 valence electrons.